The van der Waals surface area contributed by atoms with Crippen LogP contribution in [0.2, 0.25) is 0 Å². The van der Waals surface area contributed by atoms with Crippen molar-refractivity contribution in [2.75, 3.05) is 32.8 Å². The quantitative estimate of drug-likeness (QED) is 0.885. The van der Waals surface area contributed by atoms with Crippen LogP contribution in [-0.4, -0.2) is 48.6 Å². The average Bonchev–Trinajstić information content (AvgIpc) is 2.45. The number of hydrogen-bond acceptors (Lipinski definition) is 4. The molecule has 1 saturated heterocycles. The number of nitrogens with one attached hydrogen (secondary N) is 1. The molecule has 0 bridgehead atoms. The summed E-state index contributed by atoms with van der Waals surface area (Å²) in [7, 11) is 0. The second kappa shape index (κ2) is 6.52. The molecule has 1 aliphatic rings. The maximum atomic E-state index is 12.4. The molecule has 5 heteroatoms. The molecule has 0 saturated carbocycles. The molecule has 1 aromatic rings. The summed E-state index contributed by atoms with van der Waals surface area (Å²) >= 11 is 0. The van der Waals surface area contributed by atoms with Crippen molar-refractivity contribution in [3.63, 3.8) is 0 Å². The molecule has 1 N–H and O–H groups in total. The minimum absolute atomic E-state index is 0.00774. The van der Waals surface area contributed by atoms with Crippen LogP contribution in [0.5, 0.6) is 5.88 Å². The molecule has 19 heavy (non-hydrogen) atoms. The first-order valence-corrected chi connectivity index (χ1v) is 6.76. The SMILES string of the molecule is CC(C)COc1ncccc1C(=O)N1CCNCC1. The Balaban J connectivity index is 2.11. The van der Waals surface area contributed by atoms with Gasteiger partial charge in [-0.25, -0.2) is 4.98 Å². The number of nitrogens with zero attached hydrogens (tertiary/aromatic N) is 2. The molecule has 104 valence electrons. The van der Waals surface area contributed by atoms with E-state index in [-0.39, 0.29) is 5.91 Å². The number of pyridine rings is 1. The van der Waals surface area contributed by atoms with E-state index in [2.05, 4.69) is 24.1 Å². The van der Waals surface area contributed by atoms with Crippen molar-refractivity contribution in [3.8, 4) is 5.88 Å². The number of amides is 1. The van der Waals surface area contributed by atoms with Gasteiger partial charge in [-0.2, -0.15) is 0 Å². The van der Waals surface area contributed by atoms with Gasteiger partial charge in [0, 0.05) is 32.4 Å². The fourth-order valence-electron chi connectivity index (χ4n) is 1.95. The van der Waals surface area contributed by atoms with Gasteiger partial charge >= 0.3 is 0 Å². The molecule has 0 aliphatic carbocycles. The van der Waals surface area contributed by atoms with Crippen molar-refractivity contribution in [1.82, 2.24) is 15.2 Å². The summed E-state index contributed by atoms with van der Waals surface area (Å²) < 4.78 is 5.64. The van der Waals surface area contributed by atoms with Crippen LogP contribution in [-0.2, 0) is 0 Å². The molecule has 0 radical (unpaired) electrons. The monoisotopic (exact) mass is 263 g/mol. The second-order valence-electron chi connectivity index (χ2n) is 5.10. The molecule has 0 spiro atoms. The van der Waals surface area contributed by atoms with Crippen LogP contribution in [0, 0.1) is 5.92 Å². The van der Waals surface area contributed by atoms with Crippen LogP contribution >= 0.6 is 0 Å². The molecule has 1 amide bonds. The van der Waals surface area contributed by atoms with Gasteiger partial charge in [-0.05, 0) is 18.1 Å². The Labute approximate surface area is 114 Å². The van der Waals surface area contributed by atoms with Gasteiger partial charge in [0.1, 0.15) is 5.56 Å². The molecule has 1 aliphatic heterocycles. The zero-order chi connectivity index (χ0) is 13.7. The van der Waals surface area contributed by atoms with Crippen LogP contribution in [0.25, 0.3) is 0 Å². The maximum absolute atomic E-state index is 12.4. The van der Waals surface area contributed by atoms with Crippen LogP contribution in [0.3, 0.4) is 0 Å². The van der Waals surface area contributed by atoms with Crippen LogP contribution in [0.15, 0.2) is 18.3 Å². The largest absolute Gasteiger partial charge is 0.477 e. The molecule has 1 fully saturated rings. The number of carbonyl (C=O) groups is 1. The van der Waals surface area contributed by atoms with Gasteiger partial charge in [-0.1, -0.05) is 13.8 Å². The highest BCUT2D eigenvalue weighted by Gasteiger charge is 2.21. The Bertz CT molecular complexity index is 428. The first kappa shape index (κ1) is 13.8. The number of rotatable bonds is 4. The Kier molecular flexibility index (Phi) is 4.74. The summed E-state index contributed by atoms with van der Waals surface area (Å²) in [5.41, 5.74) is 0.560. The summed E-state index contributed by atoms with van der Waals surface area (Å²) in [6.45, 7) is 7.86. The summed E-state index contributed by atoms with van der Waals surface area (Å²) in [6, 6.07) is 3.56. The van der Waals surface area contributed by atoms with Crippen molar-refractivity contribution in [3.05, 3.63) is 23.9 Å². The molecule has 2 heterocycles. The van der Waals surface area contributed by atoms with Crippen molar-refractivity contribution in [2.24, 2.45) is 5.92 Å². The zero-order valence-electron chi connectivity index (χ0n) is 11.6. The predicted molar refractivity (Wildman–Crippen MR) is 73.3 cm³/mol. The average molecular weight is 263 g/mol. The number of piperazine rings is 1. The fourth-order valence-corrected chi connectivity index (χ4v) is 1.95. The van der Waals surface area contributed by atoms with Crippen molar-refractivity contribution in [1.29, 1.82) is 0 Å². The van der Waals surface area contributed by atoms with Crippen molar-refractivity contribution >= 4 is 5.91 Å². The van der Waals surface area contributed by atoms with E-state index in [1.54, 1.807) is 18.3 Å². The highest BCUT2D eigenvalue weighted by atomic mass is 16.5. The van der Waals surface area contributed by atoms with E-state index < -0.39 is 0 Å². The Morgan fingerprint density at radius 1 is 1.47 bits per heavy atom. The van der Waals surface area contributed by atoms with E-state index in [0.717, 1.165) is 26.2 Å². The molecule has 0 unspecified atom stereocenters. The van der Waals surface area contributed by atoms with Gasteiger partial charge in [0.05, 0.1) is 6.61 Å². The van der Waals surface area contributed by atoms with E-state index in [9.17, 15) is 4.79 Å². The first-order valence-electron chi connectivity index (χ1n) is 6.76. The Morgan fingerprint density at radius 2 is 2.21 bits per heavy atom. The lowest BCUT2D eigenvalue weighted by atomic mass is 10.2. The van der Waals surface area contributed by atoms with E-state index in [1.165, 1.54) is 0 Å². The normalized spacial score (nSPS) is 15.6. The summed E-state index contributed by atoms with van der Waals surface area (Å²) in [5, 5.41) is 3.23. The smallest absolute Gasteiger partial charge is 0.259 e. The summed E-state index contributed by atoms with van der Waals surface area (Å²) in [5.74, 6) is 0.859. The van der Waals surface area contributed by atoms with Gasteiger partial charge < -0.3 is 15.0 Å². The predicted octanol–water partition coefficient (Wildman–Crippen LogP) is 1.16. The number of carbonyl (C=O) groups excluding carboxylic acids is 1. The third-order valence-electron chi connectivity index (χ3n) is 2.96. The standard InChI is InChI=1S/C14H21N3O2/c1-11(2)10-19-13-12(4-3-5-16-13)14(18)17-8-6-15-7-9-17/h3-5,11,15H,6-10H2,1-2H3. The van der Waals surface area contributed by atoms with E-state index in [4.69, 9.17) is 4.74 Å². The van der Waals surface area contributed by atoms with Gasteiger partial charge in [-0.3, -0.25) is 4.79 Å². The number of ether oxygens (including phenoxy) is 1. The first-order chi connectivity index (χ1) is 9.18. The van der Waals surface area contributed by atoms with Gasteiger partial charge in [0.2, 0.25) is 5.88 Å². The molecular formula is C14H21N3O2. The van der Waals surface area contributed by atoms with Crippen LogP contribution in [0.1, 0.15) is 24.2 Å². The zero-order valence-corrected chi connectivity index (χ0v) is 11.6. The molecule has 0 atom stereocenters. The highest BCUT2D eigenvalue weighted by molar-refractivity contribution is 5.96. The van der Waals surface area contributed by atoms with Crippen molar-refractivity contribution < 1.29 is 9.53 Å². The Morgan fingerprint density at radius 3 is 2.89 bits per heavy atom. The minimum Gasteiger partial charge on any atom is -0.477 e. The number of hydrogen-bond donors (Lipinski definition) is 1. The van der Waals surface area contributed by atoms with Gasteiger partial charge in [0.15, 0.2) is 0 Å². The van der Waals surface area contributed by atoms with E-state index in [0.29, 0.717) is 24.0 Å². The Hall–Kier alpha value is -1.62. The minimum atomic E-state index is 0.00774. The van der Waals surface area contributed by atoms with Gasteiger partial charge in [0.25, 0.3) is 5.91 Å². The fraction of sp³-hybridized carbons (Fsp3) is 0.571. The van der Waals surface area contributed by atoms with Crippen LogP contribution in [0.4, 0.5) is 0 Å². The lowest BCUT2D eigenvalue weighted by Gasteiger charge is -2.27. The molecular weight excluding hydrogens is 242 g/mol. The van der Waals surface area contributed by atoms with Gasteiger partial charge in [-0.15, -0.1) is 0 Å². The maximum Gasteiger partial charge on any atom is 0.259 e. The molecule has 1 aromatic heterocycles. The molecule has 0 aromatic carbocycles. The molecule has 2 rings (SSSR count). The van der Waals surface area contributed by atoms with Crippen molar-refractivity contribution in [2.45, 2.75) is 13.8 Å². The lowest BCUT2D eigenvalue weighted by Crippen LogP contribution is -2.46. The second-order valence-corrected chi connectivity index (χ2v) is 5.10. The molecule has 5 nitrogen and oxygen atoms in total. The van der Waals surface area contributed by atoms with E-state index in [1.807, 2.05) is 4.90 Å². The highest BCUT2D eigenvalue weighted by Crippen LogP contribution is 2.17. The third kappa shape index (κ3) is 3.67. The van der Waals surface area contributed by atoms with Crippen LogP contribution < -0.4 is 10.1 Å². The topological polar surface area (TPSA) is 54.5 Å². The summed E-state index contributed by atoms with van der Waals surface area (Å²) in [4.78, 5) is 18.5. The number of aromatic nitrogens is 1. The van der Waals surface area contributed by atoms with E-state index >= 15 is 0 Å². The lowest BCUT2D eigenvalue weighted by molar-refractivity contribution is 0.0729. The third-order valence-corrected chi connectivity index (χ3v) is 2.96. The summed E-state index contributed by atoms with van der Waals surface area (Å²) in [6.07, 6.45) is 1.66.